The van der Waals surface area contributed by atoms with Gasteiger partial charge in [0.05, 0.1) is 16.6 Å². The van der Waals surface area contributed by atoms with Crippen molar-refractivity contribution in [3.8, 4) is 23.6 Å². The van der Waals surface area contributed by atoms with Gasteiger partial charge in [-0.05, 0) is 6.07 Å². The number of phenols is 2. The Labute approximate surface area is 112 Å². The minimum atomic E-state index is -0.802. The second-order valence-corrected chi connectivity index (χ2v) is 3.40. The Hall–Kier alpha value is -3.59. The fourth-order valence-electron chi connectivity index (χ4n) is 1.19. The van der Waals surface area contributed by atoms with Crippen LogP contribution in [0.4, 0.5) is 5.69 Å². The van der Waals surface area contributed by atoms with Crippen molar-refractivity contribution in [2.75, 3.05) is 0 Å². The minimum absolute atomic E-state index is 0.163. The third kappa shape index (κ3) is 3.00. The smallest absolute Gasteiger partial charge is 0.282 e. The molecule has 0 bridgehead atoms. The number of aliphatic imine (C=N–C) groups is 1. The van der Waals surface area contributed by atoms with Gasteiger partial charge in [-0.2, -0.15) is 10.5 Å². The zero-order valence-electron chi connectivity index (χ0n) is 9.81. The van der Waals surface area contributed by atoms with Crippen LogP contribution in [0.3, 0.4) is 0 Å². The Kier molecular flexibility index (Phi) is 4.22. The topological polar surface area (TPSA) is 170 Å². The highest BCUT2D eigenvalue weighted by Crippen LogP contribution is 2.31. The van der Waals surface area contributed by atoms with E-state index in [1.807, 2.05) is 0 Å². The van der Waals surface area contributed by atoms with Gasteiger partial charge in [-0.3, -0.25) is 10.1 Å². The lowest BCUT2D eigenvalue weighted by Crippen LogP contribution is -1.99. The molecule has 9 nitrogen and oxygen atoms in total. The number of nitro groups is 1. The highest BCUT2D eigenvalue weighted by atomic mass is 16.6. The molecular formula is C11H7N5O4. The molecular weight excluding hydrogens is 266 g/mol. The molecule has 9 heteroatoms. The molecule has 0 saturated carbocycles. The molecule has 0 atom stereocenters. The van der Waals surface area contributed by atoms with E-state index < -0.39 is 33.5 Å². The summed E-state index contributed by atoms with van der Waals surface area (Å²) in [5.41, 5.74) is 3.64. The molecule has 0 aliphatic heterocycles. The summed E-state index contributed by atoms with van der Waals surface area (Å²) < 4.78 is 0. The van der Waals surface area contributed by atoms with Crippen molar-refractivity contribution < 1.29 is 15.1 Å². The number of nitrogens with zero attached hydrogens (tertiary/aromatic N) is 4. The van der Waals surface area contributed by atoms with Gasteiger partial charge in [0.2, 0.25) is 0 Å². The van der Waals surface area contributed by atoms with Crippen molar-refractivity contribution in [1.29, 1.82) is 10.5 Å². The summed E-state index contributed by atoms with van der Waals surface area (Å²) in [5.74, 6) is -1.26. The molecule has 1 rings (SSSR count). The zero-order chi connectivity index (χ0) is 15.3. The number of allylic oxidation sites excluding steroid dienone is 2. The molecule has 20 heavy (non-hydrogen) atoms. The van der Waals surface area contributed by atoms with Crippen LogP contribution in [0.15, 0.2) is 28.5 Å². The van der Waals surface area contributed by atoms with Crippen LogP contribution in [0.5, 0.6) is 11.5 Å². The second kappa shape index (κ2) is 5.84. The molecule has 1 aromatic rings. The van der Waals surface area contributed by atoms with Crippen LogP contribution in [-0.2, 0) is 0 Å². The Bertz CT molecular complexity index is 709. The summed E-state index contributed by atoms with van der Waals surface area (Å²) in [5, 5.41) is 46.5. The summed E-state index contributed by atoms with van der Waals surface area (Å²) in [7, 11) is 0. The van der Waals surface area contributed by atoms with Gasteiger partial charge < -0.3 is 15.9 Å². The van der Waals surface area contributed by atoms with Crippen molar-refractivity contribution in [2.45, 2.75) is 0 Å². The van der Waals surface area contributed by atoms with Gasteiger partial charge in [0.1, 0.15) is 17.8 Å². The lowest BCUT2D eigenvalue weighted by molar-refractivity contribution is -0.385. The summed E-state index contributed by atoms with van der Waals surface area (Å²) >= 11 is 0. The lowest BCUT2D eigenvalue weighted by Gasteiger charge is -2.01. The number of nitrogens with two attached hydrogens (primary N) is 1. The maximum atomic E-state index is 10.8. The summed E-state index contributed by atoms with van der Waals surface area (Å²) in [6.45, 7) is 0. The third-order valence-electron chi connectivity index (χ3n) is 2.13. The number of nitro benzene ring substituents is 1. The van der Waals surface area contributed by atoms with Crippen molar-refractivity contribution in [1.82, 2.24) is 0 Å². The predicted octanol–water partition coefficient (Wildman–Crippen LogP) is 0.642. The van der Waals surface area contributed by atoms with E-state index in [2.05, 4.69) is 4.99 Å². The van der Waals surface area contributed by atoms with E-state index in [4.69, 9.17) is 16.3 Å². The van der Waals surface area contributed by atoms with E-state index in [0.29, 0.717) is 0 Å². The van der Waals surface area contributed by atoms with Crippen LogP contribution in [0, 0.1) is 32.8 Å². The van der Waals surface area contributed by atoms with E-state index in [0.717, 1.165) is 18.3 Å². The SMILES string of the molecule is N#CC(N)=C(C#N)N=Cc1cc(O)c(O)cc1[N+](=O)[O-]. The number of rotatable bonds is 3. The standard InChI is InChI=1S/C11H7N5O4/c12-3-7(14)8(4-13)15-5-6-1-10(17)11(18)2-9(6)16(19)20/h1-2,5,17-18H,14H2. The van der Waals surface area contributed by atoms with Crippen LogP contribution in [0.2, 0.25) is 0 Å². The Morgan fingerprint density at radius 2 is 1.95 bits per heavy atom. The molecule has 0 radical (unpaired) electrons. The van der Waals surface area contributed by atoms with E-state index in [-0.39, 0.29) is 5.56 Å². The van der Waals surface area contributed by atoms with E-state index in [9.17, 15) is 20.3 Å². The van der Waals surface area contributed by atoms with Gasteiger partial charge in [0.25, 0.3) is 5.69 Å². The van der Waals surface area contributed by atoms with Gasteiger partial charge in [0, 0.05) is 6.21 Å². The Balaban J connectivity index is 3.36. The number of nitriles is 2. The number of aromatic hydroxyl groups is 2. The molecule has 0 heterocycles. The molecule has 0 aromatic heterocycles. The van der Waals surface area contributed by atoms with Crippen molar-refractivity contribution in [3.05, 3.63) is 39.2 Å². The molecule has 1 aromatic carbocycles. The highest BCUT2D eigenvalue weighted by molar-refractivity contribution is 5.87. The van der Waals surface area contributed by atoms with Crippen LogP contribution in [0.1, 0.15) is 5.56 Å². The minimum Gasteiger partial charge on any atom is -0.504 e. The quantitative estimate of drug-likeness (QED) is 0.238. The molecule has 0 aliphatic carbocycles. The maximum Gasteiger partial charge on any atom is 0.282 e. The van der Waals surface area contributed by atoms with Crippen LogP contribution < -0.4 is 5.73 Å². The first-order valence-electron chi connectivity index (χ1n) is 4.95. The summed E-state index contributed by atoms with van der Waals surface area (Å²) in [6.07, 6.45) is 0.889. The zero-order valence-corrected chi connectivity index (χ0v) is 9.81. The fraction of sp³-hybridized carbons (Fsp3) is 0. The van der Waals surface area contributed by atoms with Gasteiger partial charge in [-0.25, -0.2) is 4.99 Å². The number of benzene rings is 1. The maximum absolute atomic E-state index is 10.8. The molecule has 0 saturated heterocycles. The van der Waals surface area contributed by atoms with Crippen LogP contribution >= 0.6 is 0 Å². The lowest BCUT2D eigenvalue weighted by atomic mass is 10.1. The second-order valence-electron chi connectivity index (χ2n) is 3.40. The third-order valence-corrected chi connectivity index (χ3v) is 2.13. The van der Waals surface area contributed by atoms with Gasteiger partial charge in [-0.1, -0.05) is 0 Å². The summed E-state index contributed by atoms with van der Waals surface area (Å²) in [4.78, 5) is 13.5. The Morgan fingerprint density at radius 3 is 2.45 bits per heavy atom. The van der Waals surface area contributed by atoms with Crippen molar-refractivity contribution >= 4 is 11.9 Å². The molecule has 0 amide bonds. The first kappa shape index (κ1) is 14.5. The van der Waals surface area contributed by atoms with E-state index >= 15 is 0 Å². The largest absolute Gasteiger partial charge is 0.504 e. The molecule has 0 fully saturated rings. The van der Waals surface area contributed by atoms with E-state index in [1.54, 1.807) is 6.07 Å². The highest BCUT2D eigenvalue weighted by Gasteiger charge is 2.16. The van der Waals surface area contributed by atoms with Gasteiger partial charge in [-0.15, -0.1) is 0 Å². The average molecular weight is 273 g/mol. The fourth-order valence-corrected chi connectivity index (χ4v) is 1.19. The molecule has 0 unspecified atom stereocenters. The van der Waals surface area contributed by atoms with Crippen LogP contribution in [0.25, 0.3) is 0 Å². The number of hydrogen-bond donors (Lipinski definition) is 3. The monoisotopic (exact) mass is 273 g/mol. The molecule has 4 N–H and O–H groups in total. The van der Waals surface area contributed by atoms with Crippen molar-refractivity contribution in [2.24, 2.45) is 10.7 Å². The van der Waals surface area contributed by atoms with Gasteiger partial charge >= 0.3 is 0 Å². The molecule has 0 aliphatic rings. The predicted molar refractivity (Wildman–Crippen MR) is 66.5 cm³/mol. The number of phenolic OH excluding ortho intramolecular Hbond substituents is 2. The normalized spacial score (nSPS) is 11.5. The molecule has 0 spiro atoms. The summed E-state index contributed by atoms with van der Waals surface area (Å²) in [6, 6.07) is 4.69. The van der Waals surface area contributed by atoms with Crippen molar-refractivity contribution in [3.63, 3.8) is 0 Å². The number of hydrogen-bond acceptors (Lipinski definition) is 8. The van der Waals surface area contributed by atoms with E-state index in [1.165, 1.54) is 6.07 Å². The van der Waals surface area contributed by atoms with Gasteiger partial charge in [0.15, 0.2) is 17.2 Å². The first-order valence-corrected chi connectivity index (χ1v) is 4.95. The molecule has 100 valence electrons. The average Bonchev–Trinajstić information content (AvgIpc) is 2.42. The Morgan fingerprint density at radius 1 is 1.35 bits per heavy atom. The first-order chi connectivity index (χ1) is 9.40. The van der Waals surface area contributed by atoms with Crippen LogP contribution in [-0.4, -0.2) is 21.4 Å².